The first-order valence-electron chi connectivity index (χ1n) is 10.1. The molecule has 0 aliphatic heterocycles. The van der Waals surface area contributed by atoms with Crippen LogP contribution in [0.3, 0.4) is 0 Å². The number of carbonyl (C=O) groups excluding carboxylic acids is 1. The normalized spacial score (nSPS) is 17.3. The third-order valence-electron chi connectivity index (χ3n) is 5.70. The summed E-state index contributed by atoms with van der Waals surface area (Å²) in [5.41, 5.74) is 5.11. The van der Waals surface area contributed by atoms with Crippen molar-refractivity contribution in [1.29, 1.82) is 0 Å². The average Bonchev–Trinajstić information content (AvgIpc) is 3.18. The number of nitrogens with one attached hydrogen (secondary N) is 3. The first kappa shape index (κ1) is 16.4. The van der Waals surface area contributed by atoms with E-state index in [1.54, 1.807) is 0 Å². The van der Waals surface area contributed by atoms with Crippen LogP contribution < -0.4 is 10.6 Å². The van der Waals surface area contributed by atoms with Crippen molar-refractivity contribution in [2.75, 3.05) is 5.32 Å². The molecule has 27 heavy (non-hydrogen) atoms. The van der Waals surface area contributed by atoms with E-state index in [1.165, 1.54) is 25.7 Å². The summed E-state index contributed by atoms with van der Waals surface area (Å²) in [5, 5.41) is 7.90. The number of anilines is 1. The minimum atomic E-state index is 0.0383. The summed E-state index contributed by atoms with van der Waals surface area (Å²) in [5.74, 6) is 0.0383. The van der Waals surface area contributed by atoms with Gasteiger partial charge < -0.3 is 15.6 Å². The summed E-state index contributed by atoms with van der Waals surface area (Å²) >= 11 is 0. The van der Waals surface area contributed by atoms with Crippen LogP contribution in [-0.2, 0) is 0 Å². The zero-order chi connectivity index (χ0) is 18.2. The average molecular weight is 359 g/mol. The lowest BCUT2D eigenvalue weighted by atomic mass is 10.1. The predicted octanol–water partition coefficient (Wildman–Crippen LogP) is 5.08. The molecule has 0 bridgehead atoms. The van der Waals surface area contributed by atoms with E-state index in [9.17, 15) is 4.79 Å². The first-order valence-corrected chi connectivity index (χ1v) is 10.1. The fourth-order valence-electron chi connectivity index (χ4n) is 4.05. The van der Waals surface area contributed by atoms with Gasteiger partial charge in [-0.05, 0) is 49.4 Å². The summed E-state index contributed by atoms with van der Waals surface area (Å²) < 4.78 is 0. The molecule has 0 saturated heterocycles. The van der Waals surface area contributed by atoms with Gasteiger partial charge in [0.15, 0.2) is 0 Å². The van der Waals surface area contributed by atoms with Crippen LogP contribution in [0.25, 0.3) is 22.2 Å². The number of hydrogen-bond acceptors (Lipinski definition) is 2. The molecule has 0 unspecified atom stereocenters. The molecular formula is C23H25N3O. The van der Waals surface area contributed by atoms with Gasteiger partial charge in [-0.25, -0.2) is 0 Å². The van der Waals surface area contributed by atoms with E-state index in [4.69, 9.17) is 0 Å². The molecule has 2 aliphatic carbocycles. The van der Waals surface area contributed by atoms with Gasteiger partial charge in [-0.15, -0.1) is 0 Å². The lowest BCUT2D eigenvalue weighted by Crippen LogP contribution is -2.25. The van der Waals surface area contributed by atoms with Gasteiger partial charge in [0.25, 0.3) is 5.91 Å². The van der Waals surface area contributed by atoms with Crippen LogP contribution in [0.15, 0.2) is 48.5 Å². The number of amides is 1. The van der Waals surface area contributed by atoms with Crippen molar-refractivity contribution in [2.24, 2.45) is 0 Å². The van der Waals surface area contributed by atoms with Gasteiger partial charge >= 0.3 is 0 Å². The van der Waals surface area contributed by atoms with Crippen LogP contribution in [0, 0.1) is 0 Å². The Morgan fingerprint density at radius 2 is 1.70 bits per heavy atom. The van der Waals surface area contributed by atoms with Gasteiger partial charge in [-0.2, -0.15) is 0 Å². The highest BCUT2D eigenvalue weighted by molar-refractivity contribution is 6.04. The smallest absolute Gasteiger partial charge is 0.251 e. The molecule has 3 N–H and O–H groups in total. The molecule has 4 heteroatoms. The van der Waals surface area contributed by atoms with Gasteiger partial charge in [0.05, 0.1) is 11.2 Å². The van der Waals surface area contributed by atoms with E-state index in [-0.39, 0.29) is 5.91 Å². The Labute approximate surface area is 159 Å². The van der Waals surface area contributed by atoms with E-state index < -0.39 is 0 Å². The maximum Gasteiger partial charge on any atom is 0.251 e. The number of aromatic amines is 1. The lowest BCUT2D eigenvalue weighted by molar-refractivity contribution is 0.0951. The van der Waals surface area contributed by atoms with E-state index >= 15 is 0 Å². The molecule has 5 rings (SSSR count). The van der Waals surface area contributed by atoms with Crippen molar-refractivity contribution < 1.29 is 4.79 Å². The Kier molecular flexibility index (Phi) is 4.12. The van der Waals surface area contributed by atoms with Gasteiger partial charge in [-0.3, -0.25) is 4.79 Å². The van der Waals surface area contributed by atoms with E-state index in [0.717, 1.165) is 46.3 Å². The Hall–Kier alpha value is -2.75. The van der Waals surface area contributed by atoms with Crippen LogP contribution in [0.1, 0.15) is 48.9 Å². The maximum absolute atomic E-state index is 12.7. The number of H-pyrrole nitrogens is 1. The van der Waals surface area contributed by atoms with Gasteiger partial charge in [-0.1, -0.05) is 43.2 Å². The Morgan fingerprint density at radius 3 is 2.44 bits per heavy atom. The minimum Gasteiger partial charge on any atom is -0.381 e. The monoisotopic (exact) mass is 359 g/mol. The van der Waals surface area contributed by atoms with Crippen LogP contribution in [0.2, 0.25) is 0 Å². The van der Waals surface area contributed by atoms with Crippen molar-refractivity contribution in [2.45, 2.75) is 50.6 Å². The largest absolute Gasteiger partial charge is 0.381 e. The molecule has 2 fully saturated rings. The highest BCUT2D eigenvalue weighted by atomic mass is 16.1. The third kappa shape index (κ3) is 3.44. The second-order valence-electron chi connectivity index (χ2n) is 7.91. The Morgan fingerprint density at radius 1 is 0.926 bits per heavy atom. The van der Waals surface area contributed by atoms with Crippen LogP contribution in [0.4, 0.5) is 5.69 Å². The third-order valence-corrected chi connectivity index (χ3v) is 5.70. The number of hydrogen-bond donors (Lipinski definition) is 3. The van der Waals surface area contributed by atoms with Crippen LogP contribution in [-0.4, -0.2) is 23.0 Å². The standard InChI is InChI=1S/C23H25N3O/c27-23(25-19-10-11-19)17-12-16-13-20(15-6-2-1-3-7-15)26-22(16)21(14-17)24-18-8-4-5-9-18/h1-3,6-7,12-14,18-19,24,26H,4-5,8-11H2,(H,25,27). The predicted molar refractivity (Wildman–Crippen MR) is 110 cm³/mol. The van der Waals surface area contributed by atoms with Crippen molar-refractivity contribution in [3.8, 4) is 11.3 Å². The van der Waals surface area contributed by atoms with Crippen LogP contribution >= 0.6 is 0 Å². The molecule has 2 aromatic carbocycles. The highest BCUT2D eigenvalue weighted by Crippen LogP contribution is 2.33. The van der Waals surface area contributed by atoms with Gasteiger partial charge in [0, 0.05) is 28.7 Å². The van der Waals surface area contributed by atoms with Crippen molar-refractivity contribution in [1.82, 2.24) is 10.3 Å². The van der Waals surface area contributed by atoms with Crippen LogP contribution in [0.5, 0.6) is 0 Å². The fourth-order valence-corrected chi connectivity index (χ4v) is 4.05. The SMILES string of the molecule is O=C(NC1CC1)c1cc(NC2CCCC2)c2[nH]c(-c3ccccc3)cc2c1. The van der Waals surface area contributed by atoms with E-state index in [2.05, 4.69) is 33.8 Å². The Bertz CT molecular complexity index is 966. The van der Waals surface area contributed by atoms with Gasteiger partial charge in [0.2, 0.25) is 0 Å². The first-order chi connectivity index (χ1) is 13.3. The minimum absolute atomic E-state index is 0.0383. The molecule has 1 amide bonds. The molecule has 0 radical (unpaired) electrons. The zero-order valence-corrected chi connectivity index (χ0v) is 15.4. The second kappa shape index (κ2) is 6.76. The van der Waals surface area contributed by atoms with E-state index in [0.29, 0.717) is 12.1 Å². The molecular weight excluding hydrogens is 334 g/mol. The molecule has 4 nitrogen and oxygen atoms in total. The number of carbonyl (C=O) groups is 1. The number of rotatable bonds is 5. The molecule has 138 valence electrons. The molecule has 2 aliphatic rings. The summed E-state index contributed by atoms with van der Waals surface area (Å²) in [4.78, 5) is 16.2. The summed E-state index contributed by atoms with van der Waals surface area (Å²) in [6.45, 7) is 0. The summed E-state index contributed by atoms with van der Waals surface area (Å²) in [6, 6.07) is 17.4. The van der Waals surface area contributed by atoms with Crippen molar-refractivity contribution in [3.63, 3.8) is 0 Å². The van der Waals surface area contributed by atoms with Crippen molar-refractivity contribution >= 4 is 22.5 Å². The van der Waals surface area contributed by atoms with E-state index in [1.807, 2.05) is 30.3 Å². The number of fused-ring (bicyclic) bond motifs is 1. The fraction of sp³-hybridized carbons (Fsp3) is 0.348. The lowest BCUT2D eigenvalue weighted by Gasteiger charge is -2.16. The molecule has 0 atom stereocenters. The number of benzene rings is 2. The van der Waals surface area contributed by atoms with Crippen molar-refractivity contribution in [3.05, 3.63) is 54.1 Å². The molecule has 1 heterocycles. The quantitative estimate of drug-likeness (QED) is 0.595. The molecule has 1 aromatic heterocycles. The topological polar surface area (TPSA) is 56.9 Å². The maximum atomic E-state index is 12.7. The molecule has 3 aromatic rings. The Balaban J connectivity index is 1.56. The second-order valence-corrected chi connectivity index (χ2v) is 7.91. The zero-order valence-electron chi connectivity index (χ0n) is 15.4. The summed E-state index contributed by atoms with van der Waals surface area (Å²) in [6.07, 6.45) is 7.16. The van der Waals surface area contributed by atoms with Gasteiger partial charge in [0.1, 0.15) is 0 Å². The highest BCUT2D eigenvalue weighted by Gasteiger charge is 2.25. The molecule has 2 saturated carbocycles. The number of aromatic nitrogens is 1. The molecule has 0 spiro atoms. The summed E-state index contributed by atoms with van der Waals surface area (Å²) in [7, 11) is 0.